The summed E-state index contributed by atoms with van der Waals surface area (Å²) < 4.78 is 5.42. The van der Waals surface area contributed by atoms with E-state index in [4.69, 9.17) is 10.00 Å². The van der Waals surface area contributed by atoms with Gasteiger partial charge in [0.2, 0.25) is 0 Å². The number of aryl methyl sites for hydroxylation is 2. The van der Waals surface area contributed by atoms with Crippen LogP contribution in [0.5, 0.6) is 5.75 Å². The molecule has 130 valence electrons. The molecular weight excluding hydrogens is 346 g/mol. The van der Waals surface area contributed by atoms with E-state index >= 15 is 0 Å². The molecule has 0 unspecified atom stereocenters. The number of para-hydroxylation sites is 1. The van der Waals surface area contributed by atoms with E-state index in [0.717, 1.165) is 11.3 Å². The van der Waals surface area contributed by atoms with Crippen LogP contribution in [0.15, 0.2) is 47.8 Å². The Morgan fingerprint density at radius 3 is 2.81 bits per heavy atom. The minimum atomic E-state index is -0.321. The van der Waals surface area contributed by atoms with E-state index in [1.165, 1.54) is 22.5 Å². The summed E-state index contributed by atoms with van der Waals surface area (Å²) in [5, 5.41) is 14.2. The molecule has 5 nitrogen and oxygen atoms in total. The zero-order chi connectivity index (χ0) is 18.5. The van der Waals surface area contributed by atoms with Gasteiger partial charge >= 0.3 is 0 Å². The summed E-state index contributed by atoms with van der Waals surface area (Å²) in [6.07, 6.45) is 0. The van der Waals surface area contributed by atoms with Gasteiger partial charge in [-0.1, -0.05) is 24.3 Å². The number of ether oxygens (including phenoxy) is 1. The number of thiazole rings is 1. The molecule has 0 fully saturated rings. The molecule has 0 atom stereocenters. The van der Waals surface area contributed by atoms with Crippen molar-refractivity contribution in [2.45, 2.75) is 13.8 Å². The van der Waals surface area contributed by atoms with Gasteiger partial charge in [0.05, 0.1) is 11.3 Å². The fraction of sp³-hybridized carbons (Fsp3) is 0.150. The van der Waals surface area contributed by atoms with E-state index in [2.05, 4.69) is 36.3 Å². The summed E-state index contributed by atoms with van der Waals surface area (Å²) in [6, 6.07) is 15.0. The number of carbonyl (C=O) groups excluding carboxylic acids is 1. The second kappa shape index (κ2) is 7.81. The molecular formula is C20H17N3O2S. The highest BCUT2D eigenvalue weighted by Crippen LogP contribution is 2.26. The second-order valence-corrected chi connectivity index (χ2v) is 6.64. The van der Waals surface area contributed by atoms with Crippen LogP contribution in [0.4, 0.5) is 5.13 Å². The number of carbonyl (C=O) groups is 1. The number of nitriles is 1. The van der Waals surface area contributed by atoms with Crippen molar-refractivity contribution in [2.24, 2.45) is 0 Å². The number of amides is 1. The molecule has 0 aliphatic rings. The van der Waals surface area contributed by atoms with Crippen LogP contribution in [0.1, 0.15) is 16.7 Å². The molecule has 1 aromatic heterocycles. The van der Waals surface area contributed by atoms with Gasteiger partial charge in [-0.3, -0.25) is 10.1 Å². The van der Waals surface area contributed by atoms with Crippen molar-refractivity contribution >= 4 is 22.4 Å². The van der Waals surface area contributed by atoms with E-state index in [0.29, 0.717) is 16.4 Å². The lowest BCUT2D eigenvalue weighted by Crippen LogP contribution is -2.20. The first kappa shape index (κ1) is 17.6. The fourth-order valence-electron chi connectivity index (χ4n) is 2.35. The molecule has 0 saturated carbocycles. The molecule has 26 heavy (non-hydrogen) atoms. The van der Waals surface area contributed by atoms with E-state index in [9.17, 15) is 4.79 Å². The molecule has 3 rings (SSSR count). The zero-order valence-electron chi connectivity index (χ0n) is 14.4. The number of aromatic nitrogens is 1. The smallest absolute Gasteiger partial charge is 0.264 e. The lowest BCUT2D eigenvalue weighted by Gasteiger charge is -2.07. The van der Waals surface area contributed by atoms with Crippen molar-refractivity contribution < 1.29 is 9.53 Å². The molecule has 6 heteroatoms. The Kier molecular flexibility index (Phi) is 5.30. The quantitative estimate of drug-likeness (QED) is 0.733. The van der Waals surface area contributed by atoms with Crippen LogP contribution in [-0.2, 0) is 4.79 Å². The van der Waals surface area contributed by atoms with Crippen LogP contribution in [0.2, 0.25) is 0 Å². The average Bonchev–Trinajstić information content (AvgIpc) is 3.11. The van der Waals surface area contributed by atoms with Crippen LogP contribution >= 0.6 is 11.3 Å². The molecule has 0 spiro atoms. The number of hydrogen-bond acceptors (Lipinski definition) is 5. The standard InChI is InChI=1S/C20H17N3O2S/c1-13-7-8-15(9-14(13)2)17-12-26-20(22-17)23-19(24)11-25-18-6-4-3-5-16(18)10-21/h3-9,12H,11H2,1-2H3,(H,22,23,24). The number of nitrogens with zero attached hydrogens (tertiary/aromatic N) is 2. The molecule has 0 bridgehead atoms. The van der Waals surface area contributed by atoms with Crippen LogP contribution in [0.3, 0.4) is 0 Å². The summed E-state index contributed by atoms with van der Waals surface area (Å²) in [6.45, 7) is 3.94. The van der Waals surface area contributed by atoms with E-state index < -0.39 is 0 Å². The molecule has 0 radical (unpaired) electrons. The van der Waals surface area contributed by atoms with Crippen molar-refractivity contribution in [3.8, 4) is 23.1 Å². The Morgan fingerprint density at radius 2 is 2.04 bits per heavy atom. The van der Waals surface area contributed by atoms with E-state index in [-0.39, 0.29) is 12.5 Å². The summed E-state index contributed by atoms with van der Waals surface area (Å²) in [7, 11) is 0. The summed E-state index contributed by atoms with van der Waals surface area (Å²) in [4.78, 5) is 16.5. The first-order valence-corrected chi connectivity index (χ1v) is 8.89. The van der Waals surface area contributed by atoms with Gasteiger partial charge in [-0.05, 0) is 43.2 Å². The molecule has 1 heterocycles. The first-order valence-electron chi connectivity index (χ1n) is 8.02. The number of anilines is 1. The fourth-order valence-corrected chi connectivity index (χ4v) is 3.08. The first-order chi connectivity index (χ1) is 12.6. The monoisotopic (exact) mass is 363 g/mol. The third-order valence-corrected chi connectivity index (χ3v) is 4.68. The predicted molar refractivity (Wildman–Crippen MR) is 102 cm³/mol. The molecule has 2 aromatic carbocycles. The van der Waals surface area contributed by atoms with Crippen molar-refractivity contribution in [3.05, 3.63) is 64.5 Å². The lowest BCUT2D eigenvalue weighted by molar-refractivity contribution is -0.118. The van der Waals surface area contributed by atoms with Gasteiger partial charge in [-0.25, -0.2) is 4.98 Å². The van der Waals surface area contributed by atoms with Gasteiger partial charge < -0.3 is 4.74 Å². The Hall–Kier alpha value is -3.17. The van der Waals surface area contributed by atoms with Crippen molar-refractivity contribution in [2.75, 3.05) is 11.9 Å². The zero-order valence-corrected chi connectivity index (χ0v) is 15.3. The minimum Gasteiger partial charge on any atom is -0.482 e. The van der Waals surface area contributed by atoms with Gasteiger partial charge in [-0.2, -0.15) is 5.26 Å². The third kappa shape index (κ3) is 4.08. The number of benzene rings is 2. The Bertz CT molecular complexity index is 989. The number of rotatable bonds is 5. The lowest BCUT2D eigenvalue weighted by atomic mass is 10.1. The van der Waals surface area contributed by atoms with Gasteiger partial charge in [0.1, 0.15) is 11.8 Å². The maximum absolute atomic E-state index is 12.1. The molecule has 3 aromatic rings. The summed E-state index contributed by atoms with van der Waals surface area (Å²) in [5.74, 6) is 0.0684. The maximum Gasteiger partial charge on any atom is 0.264 e. The van der Waals surface area contributed by atoms with Crippen LogP contribution in [-0.4, -0.2) is 17.5 Å². The van der Waals surface area contributed by atoms with E-state index in [1.54, 1.807) is 24.3 Å². The van der Waals surface area contributed by atoms with Crippen molar-refractivity contribution in [1.82, 2.24) is 4.98 Å². The number of hydrogen-bond donors (Lipinski definition) is 1. The van der Waals surface area contributed by atoms with E-state index in [1.807, 2.05) is 17.5 Å². The highest BCUT2D eigenvalue weighted by atomic mass is 32.1. The Labute approximate surface area is 155 Å². The van der Waals surface area contributed by atoms with Crippen molar-refractivity contribution in [3.63, 3.8) is 0 Å². The average molecular weight is 363 g/mol. The molecule has 0 aliphatic carbocycles. The highest BCUT2D eigenvalue weighted by molar-refractivity contribution is 7.14. The SMILES string of the molecule is Cc1ccc(-c2csc(NC(=O)COc3ccccc3C#N)n2)cc1C. The molecule has 0 saturated heterocycles. The number of nitrogens with one attached hydrogen (secondary N) is 1. The van der Waals surface area contributed by atoms with Gasteiger partial charge in [0, 0.05) is 10.9 Å². The van der Waals surface area contributed by atoms with Crippen LogP contribution in [0.25, 0.3) is 11.3 Å². The van der Waals surface area contributed by atoms with Crippen LogP contribution in [0, 0.1) is 25.2 Å². The molecule has 0 aliphatic heterocycles. The summed E-state index contributed by atoms with van der Waals surface area (Å²) in [5.41, 5.74) is 4.66. The maximum atomic E-state index is 12.1. The minimum absolute atomic E-state index is 0.183. The molecule has 1 N–H and O–H groups in total. The van der Waals surface area contributed by atoms with Crippen LogP contribution < -0.4 is 10.1 Å². The van der Waals surface area contributed by atoms with Gasteiger partial charge in [-0.15, -0.1) is 11.3 Å². The van der Waals surface area contributed by atoms with Crippen molar-refractivity contribution in [1.29, 1.82) is 5.26 Å². The largest absolute Gasteiger partial charge is 0.482 e. The normalized spacial score (nSPS) is 10.2. The third-order valence-electron chi connectivity index (χ3n) is 3.92. The highest BCUT2D eigenvalue weighted by Gasteiger charge is 2.10. The van der Waals surface area contributed by atoms with Gasteiger partial charge in [0.15, 0.2) is 11.7 Å². The topological polar surface area (TPSA) is 75.0 Å². The second-order valence-electron chi connectivity index (χ2n) is 5.78. The molecule has 1 amide bonds. The summed E-state index contributed by atoms with van der Waals surface area (Å²) >= 11 is 1.36. The van der Waals surface area contributed by atoms with Gasteiger partial charge in [0.25, 0.3) is 5.91 Å². The Morgan fingerprint density at radius 1 is 1.23 bits per heavy atom. The predicted octanol–water partition coefficient (Wildman–Crippen LogP) is 4.32. The Balaban J connectivity index is 1.63.